The predicted octanol–water partition coefficient (Wildman–Crippen LogP) is 14.9. The van der Waals surface area contributed by atoms with Crippen LogP contribution in [0, 0.1) is 5.41 Å². The van der Waals surface area contributed by atoms with Crippen molar-refractivity contribution in [1.82, 2.24) is 4.90 Å². The summed E-state index contributed by atoms with van der Waals surface area (Å²) in [5.74, 6) is 0. The Morgan fingerprint density at radius 1 is 0.378 bits per heavy atom. The second-order valence-electron chi connectivity index (χ2n) is 14.8. The summed E-state index contributed by atoms with van der Waals surface area (Å²) >= 11 is 0. The summed E-state index contributed by atoms with van der Waals surface area (Å²) in [5.41, 5.74) is 0.672. The molecule has 1 rings (SSSR count). The minimum absolute atomic E-state index is 0.672. The van der Waals surface area contributed by atoms with E-state index >= 15 is 0 Å². The van der Waals surface area contributed by atoms with Gasteiger partial charge in [-0.3, -0.25) is 0 Å². The highest BCUT2D eigenvalue weighted by atomic mass is 15.2. The summed E-state index contributed by atoms with van der Waals surface area (Å²) in [7, 11) is 2.32. The minimum atomic E-state index is 0.672. The van der Waals surface area contributed by atoms with Crippen LogP contribution in [0.5, 0.6) is 0 Å². The molecule has 0 amide bonds. The van der Waals surface area contributed by atoms with Gasteiger partial charge < -0.3 is 4.90 Å². The van der Waals surface area contributed by atoms with Crippen LogP contribution in [0.2, 0.25) is 0 Å². The van der Waals surface area contributed by atoms with Gasteiger partial charge in [-0.15, -0.1) is 0 Å². The van der Waals surface area contributed by atoms with Crippen LogP contribution >= 0.6 is 0 Å². The molecule has 0 saturated carbocycles. The first-order valence-corrected chi connectivity index (χ1v) is 20.5. The van der Waals surface area contributed by atoms with Gasteiger partial charge in [0, 0.05) is 13.1 Å². The highest BCUT2D eigenvalue weighted by molar-refractivity contribution is 4.94. The van der Waals surface area contributed by atoms with Gasteiger partial charge in [0.05, 0.1) is 0 Å². The summed E-state index contributed by atoms with van der Waals surface area (Å²) in [6.07, 6.45) is 60.4. The van der Waals surface area contributed by atoms with E-state index in [0.29, 0.717) is 5.41 Å². The van der Waals surface area contributed by atoms with Gasteiger partial charge >= 0.3 is 0 Å². The number of allylic oxidation sites excluding steroid dienone is 8. The molecule has 1 aliphatic rings. The molecule has 0 bridgehead atoms. The van der Waals surface area contributed by atoms with Crippen LogP contribution in [0.15, 0.2) is 48.6 Å². The molecule has 0 aliphatic carbocycles. The number of nitrogens with zero attached hydrogens (tertiary/aromatic N) is 1. The van der Waals surface area contributed by atoms with Crippen molar-refractivity contribution in [2.24, 2.45) is 5.41 Å². The summed E-state index contributed by atoms with van der Waals surface area (Å²) < 4.78 is 0. The van der Waals surface area contributed by atoms with Crippen molar-refractivity contribution in [1.29, 1.82) is 0 Å². The van der Waals surface area contributed by atoms with Gasteiger partial charge in [-0.25, -0.2) is 0 Å². The van der Waals surface area contributed by atoms with Crippen LogP contribution in [-0.2, 0) is 0 Å². The Morgan fingerprint density at radius 3 is 0.978 bits per heavy atom. The predicted molar refractivity (Wildman–Crippen MR) is 206 cm³/mol. The monoisotopic (exact) mass is 624 g/mol. The van der Waals surface area contributed by atoms with Gasteiger partial charge in [0.2, 0.25) is 0 Å². The average Bonchev–Trinajstić information content (AvgIpc) is 3.02. The van der Waals surface area contributed by atoms with Crippen molar-refractivity contribution in [2.45, 2.75) is 206 Å². The fourth-order valence-electron chi connectivity index (χ4n) is 7.22. The normalized spacial score (nSPS) is 15.4. The lowest BCUT2D eigenvalue weighted by Crippen LogP contribution is -2.54. The quantitative estimate of drug-likeness (QED) is 0.0509. The molecule has 0 aromatic rings. The molecule has 0 atom stereocenters. The van der Waals surface area contributed by atoms with Crippen LogP contribution in [-0.4, -0.2) is 25.0 Å². The zero-order valence-electron chi connectivity index (χ0n) is 31.2. The van der Waals surface area contributed by atoms with Crippen molar-refractivity contribution in [3.63, 3.8) is 0 Å². The van der Waals surface area contributed by atoms with E-state index in [4.69, 9.17) is 0 Å². The highest BCUT2D eigenvalue weighted by Gasteiger charge is 2.39. The fourth-order valence-corrected chi connectivity index (χ4v) is 7.22. The summed E-state index contributed by atoms with van der Waals surface area (Å²) in [6.45, 7) is 7.27. The van der Waals surface area contributed by atoms with Crippen LogP contribution in [0.1, 0.15) is 206 Å². The van der Waals surface area contributed by atoms with E-state index < -0.39 is 0 Å². The lowest BCUT2D eigenvalue weighted by Gasteiger charge is -2.49. The third kappa shape index (κ3) is 27.7. The SMILES string of the molecule is CCCCC/C=C\C/C=C\CCCCCCCCCCC1(CCCCCCCCCC/C=C\C/C=C\CCCCC)CN(C)C1. The molecule has 1 heteroatoms. The maximum absolute atomic E-state index is 2.56. The zero-order valence-corrected chi connectivity index (χ0v) is 31.2. The van der Waals surface area contributed by atoms with Crippen molar-refractivity contribution >= 4 is 0 Å². The summed E-state index contributed by atoms with van der Waals surface area (Å²) in [4.78, 5) is 2.56. The second kappa shape index (κ2) is 32.8. The van der Waals surface area contributed by atoms with Crippen molar-refractivity contribution in [2.75, 3.05) is 20.1 Å². The van der Waals surface area contributed by atoms with Gasteiger partial charge in [0.15, 0.2) is 0 Å². The first-order chi connectivity index (χ1) is 22.2. The lowest BCUT2D eigenvalue weighted by molar-refractivity contribution is 0.00256. The van der Waals surface area contributed by atoms with E-state index in [2.05, 4.69) is 74.4 Å². The van der Waals surface area contributed by atoms with Crippen molar-refractivity contribution in [3.05, 3.63) is 48.6 Å². The Kier molecular flexibility index (Phi) is 30.6. The second-order valence-corrected chi connectivity index (χ2v) is 14.8. The lowest BCUT2D eigenvalue weighted by atomic mass is 9.72. The van der Waals surface area contributed by atoms with Gasteiger partial charge in [-0.2, -0.15) is 0 Å². The van der Waals surface area contributed by atoms with Crippen LogP contribution in [0.4, 0.5) is 0 Å². The Hall–Kier alpha value is -1.08. The van der Waals surface area contributed by atoms with Crippen LogP contribution in [0.25, 0.3) is 0 Å². The number of hydrogen-bond donors (Lipinski definition) is 0. The molecule has 0 spiro atoms. The average molecular weight is 624 g/mol. The first kappa shape index (κ1) is 41.9. The van der Waals surface area contributed by atoms with Gasteiger partial charge in [-0.1, -0.05) is 178 Å². The molecule has 1 nitrogen and oxygen atoms in total. The van der Waals surface area contributed by atoms with E-state index in [1.165, 1.54) is 193 Å². The molecule has 1 fully saturated rings. The molecule has 0 radical (unpaired) electrons. The molecule has 262 valence electrons. The molecule has 0 N–H and O–H groups in total. The third-order valence-corrected chi connectivity index (χ3v) is 10.0. The van der Waals surface area contributed by atoms with Crippen molar-refractivity contribution < 1.29 is 0 Å². The Morgan fingerprint density at radius 2 is 0.667 bits per heavy atom. The minimum Gasteiger partial charge on any atom is -0.305 e. The van der Waals surface area contributed by atoms with E-state index in [0.717, 1.165) is 12.8 Å². The van der Waals surface area contributed by atoms with Gasteiger partial charge in [0.25, 0.3) is 0 Å². The number of likely N-dealkylation sites (tertiary alicyclic amines) is 1. The number of hydrogen-bond acceptors (Lipinski definition) is 1. The molecule has 1 aliphatic heterocycles. The maximum atomic E-state index is 2.56. The molecular weight excluding hydrogens is 542 g/mol. The molecule has 0 aromatic heterocycles. The standard InChI is InChI=1S/C44H81N/c1-4-6-8-10-12-14-16-18-20-22-24-26-28-30-32-34-36-38-40-44(42-45(3)43-44)41-39-37-35-33-31-29-27-25-23-21-19-17-15-13-11-9-7-5-2/h12-15,18-21H,4-11,16-17,22-43H2,1-3H3/b14-12-,15-13-,20-18-,21-19-. The Labute approximate surface area is 284 Å². The largest absolute Gasteiger partial charge is 0.305 e. The van der Waals surface area contributed by atoms with Crippen molar-refractivity contribution in [3.8, 4) is 0 Å². The molecule has 0 unspecified atom stereocenters. The molecular formula is C44H81N. The summed E-state index contributed by atoms with van der Waals surface area (Å²) in [5, 5.41) is 0. The van der Waals surface area contributed by atoms with Gasteiger partial charge in [-0.05, 0) is 89.5 Å². The van der Waals surface area contributed by atoms with E-state index in [1.807, 2.05) is 0 Å². The Bertz CT molecular complexity index is 652. The van der Waals surface area contributed by atoms with E-state index in [9.17, 15) is 0 Å². The summed E-state index contributed by atoms with van der Waals surface area (Å²) in [6, 6.07) is 0. The van der Waals surface area contributed by atoms with Crippen LogP contribution in [0.3, 0.4) is 0 Å². The molecule has 1 heterocycles. The number of unbranched alkanes of at least 4 members (excludes halogenated alkanes) is 22. The zero-order chi connectivity index (χ0) is 32.4. The maximum Gasteiger partial charge on any atom is 0.00474 e. The first-order valence-electron chi connectivity index (χ1n) is 20.5. The molecule has 1 saturated heterocycles. The number of rotatable bonds is 34. The topological polar surface area (TPSA) is 3.24 Å². The highest BCUT2D eigenvalue weighted by Crippen LogP contribution is 2.40. The third-order valence-electron chi connectivity index (χ3n) is 10.0. The smallest absolute Gasteiger partial charge is 0.00474 e. The van der Waals surface area contributed by atoms with E-state index in [1.54, 1.807) is 0 Å². The molecule has 0 aromatic carbocycles. The Balaban J connectivity index is 1.89. The van der Waals surface area contributed by atoms with Gasteiger partial charge in [0.1, 0.15) is 0 Å². The van der Waals surface area contributed by atoms with E-state index in [-0.39, 0.29) is 0 Å². The molecule has 45 heavy (non-hydrogen) atoms. The van der Waals surface area contributed by atoms with Crippen LogP contribution < -0.4 is 0 Å². The fraction of sp³-hybridized carbons (Fsp3) is 0.818.